The molecule has 29 heavy (non-hydrogen) atoms. The number of carbonyl (C=O) groups is 2. The van der Waals surface area contributed by atoms with E-state index < -0.39 is 17.8 Å². The minimum atomic E-state index is -0.983. The fraction of sp³-hybridized carbons (Fsp3) is 0.333. The minimum absolute atomic E-state index is 0.0677. The topological polar surface area (TPSA) is 49.4 Å². The van der Waals surface area contributed by atoms with Crippen molar-refractivity contribution < 1.29 is 14.0 Å². The van der Waals surface area contributed by atoms with E-state index in [1.54, 1.807) is 12.1 Å². The number of hydrogen-bond donors (Lipinski definition) is 1. The fourth-order valence-corrected chi connectivity index (χ4v) is 3.90. The van der Waals surface area contributed by atoms with Gasteiger partial charge in [0.2, 0.25) is 5.91 Å². The lowest BCUT2D eigenvalue weighted by atomic mass is 9.93. The third kappa shape index (κ3) is 4.83. The van der Waals surface area contributed by atoms with Crippen molar-refractivity contribution in [2.45, 2.75) is 51.1 Å². The number of nitrogens with one attached hydrogen (secondary N) is 1. The summed E-state index contributed by atoms with van der Waals surface area (Å²) in [6.45, 7) is 1.88. The van der Waals surface area contributed by atoms with Crippen LogP contribution in [-0.2, 0) is 9.59 Å². The zero-order valence-electron chi connectivity index (χ0n) is 16.5. The highest BCUT2D eigenvalue weighted by Crippen LogP contribution is 2.31. The SMILES string of the molecule is C#CC(=O)N(c1cccc(F)c1)C(C(=O)NC1CCCCC1)c1ccccc1C. The van der Waals surface area contributed by atoms with Gasteiger partial charge in [-0.05, 0) is 55.0 Å². The summed E-state index contributed by atoms with van der Waals surface area (Å²) >= 11 is 0. The van der Waals surface area contributed by atoms with Gasteiger partial charge in [0.15, 0.2) is 0 Å². The Morgan fingerprint density at radius 2 is 1.86 bits per heavy atom. The van der Waals surface area contributed by atoms with Crippen molar-refractivity contribution >= 4 is 17.5 Å². The molecule has 5 heteroatoms. The van der Waals surface area contributed by atoms with Gasteiger partial charge >= 0.3 is 5.91 Å². The van der Waals surface area contributed by atoms with Gasteiger partial charge in [-0.25, -0.2) is 4.39 Å². The number of halogens is 1. The number of benzene rings is 2. The quantitative estimate of drug-likeness (QED) is 0.772. The Morgan fingerprint density at radius 3 is 2.52 bits per heavy atom. The van der Waals surface area contributed by atoms with E-state index in [0.717, 1.165) is 31.2 Å². The molecular formula is C24H25FN2O2. The predicted molar refractivity (Wildman–Crippen MR) is 112 cm³/mol. The first-order valence-electron chi connectivity index (χ1n) is 9.92. The van der Waals surface area contributed by atoms with Gasteiger partial charge in [-0.15, -0.1) is 6.42 Å². The van der Waals surface area contributed by atoms with Crippen LogP contribution in [-0.4, -0.2) is 17.9 Å². The molecule has 0 bridgehead atoms. The van der Waals surface area contributed by atoms with Crippen LogP contribution < -0.4 is 10.2 Å². The zero-order chi connectivity index (χ0) is 20.8. The first-order chi connectivity index (χ1) is 14.0. The summed E-state index contributed by atoms with van der Waals surface area (Å²) < 4.78 is 13.9. The van der Waals surface area contributed by atoms with Gasteiger partial charge in [-0.2, -0.15) is 0 Å². The van der Waals surface area contributed by atoms with Crippen LogP contribution in [0.25, 0.3) is 0 Å². The van der Waals surface area contributed by atoms with Gasteiger partial charge in [0.25, 0.3) is 0 Å². The molecule has 2 aromatic rings. The van der Waals surface area contributed by atoms with Crippen LogP contribution in [0.4, 0.5) is 10.1 Å². The molecule has 0 spiro atoms. The fourth-order valence-electron chi connectivity index (χ4n) is 3.90. The highest BCUT2D eigenvalue weighted by atomic mass is 19.1. The molecule has 150 valence electrons. The van der Waals surface area contributed by atoms with Crippen molar-refractivity contribution in [2.24, 2.45) is 0 Å². The Bertz CT molecular complexity index is 928. The van der Waals surface area contributed by atoms with Gasteiger partial charge in [-0.3, -0.25) is 14.5 Å². The van der Waals surface area contributed by atoms with Gasteiger partial charge in [0.05, 0.1) is 0 Å². The molecule has 1 aliphatic rings. The van der Waals surface area contributed by atoms with Crippen LogP contribution in [0.15, 0.2) is 48.5 Å². The first kappa shape index (κ1) is 20.6. The Balaban J connectivity index is 2.06. The maximum atomic E-state index is 13.9. The third-order valence-electron chi connectivity index (χ3n) is 5.37. The molecule has 1 unspecified atom stereocenters. The van der Waals surface area contributed by atoms with Crippen molar-refractivity contribution in [3.8, 4) is 12.3 Å². The maximum Gasteiger partial charge on any atom is 0.303 e. The van der Waals surface area contributed by atoms with E-state index >= 15 is 0 Å². The van der Waals surface area contributed by atoms with Gasteiger partial charge in [0.1, 0.15) is 11.9 Å². The van der Waals surface area contributed by atoms with Crippen LogP contribution in [0.5, 0.6) is 0 Å². The molecule has 0 saturated heterocycles. The van der Waals surface area contributed by atoms with Crippen LogP contribution in [0.2, 0.25) is 0 Å². The molecule has 1 saturated carbocycles. The number of rotatable bonds is 5. The van der Waals surface area contributed by atoms with Crippen LogP contribution in [0.1, 0.15) is 49.3 Å². The summed E-state index contributed by atoms with van der Waals surface area (Å²) in [5, 5.41) is 3.09. The zero-order valence-corrected chi connectivity index (χ0v) is 16.5. The van der Waals surface area contributed by atoms with E-state index in [4.69, 9.17) is 6.42 Å². The molecule has 2 aromatic carbocycles. The van der Waals surface area contributed by atoms with E-state index in [2.05, 4.69) is 11.2 Å². The lowest BCUT2D eigenvalue weighted by Gasteiger charge is -2.33. The molecular weight excluding hydrogens is 367 g/mol. The molecule has 1 aliphatic carbocycles. The average Bonchev–Trinajstić information content (AvgIpc) is 2.73. The molecule has 1 N–H and O–H groups in total. The van der Waals surface area contributed by atoms with E-state index in [1.165, 1.54) is 29.5 Å². The highest BCUT2D eigenvalue weighted by Gasteiger charge is 2.34. The number of anilines is 1. The largest absolute Gasteiger partial charge is 0.351 e. The summed E-state index contributed by atoms with van der Waals surface area (Å²) in [6, 6.07) is 12.0. The first-order valence-corrected chi connectivity index (χ1v) is 9.92. The molecule has 2 amide bonds. The average molecular weight is 392 g/mol. The van der Waals surface area contributed by atoms with Gasteiger partial charge in [0, 0.05) is 11.7 Å². The van der Waals surface area contributed by atoms with Gasteiger partial charge in [-0.1, -0.05) is 49.6 Å². The smallest absolute Gasteiger partial charge is 0.303 e. The number of hydrogen-bond acceptors (Lipinski definition) is 2. The van der Waals surface area contributed by atoms with Crippen molar-refractivity contribution in [1.29, 1.82) is 0 Å². The van der Waals surface area contributed by atoms with E-state index in [-0.39, 0.29) is 17.6 Å². The van der Waals surface area contributed by atoms with E-state index in [0.29, 0.717) is 5.56 Å². The maximum absolute atomic E-state index is 13.9. The Morgan fingerprint density at radius 1 is 1.14 bits per heavy atom. The molecule has 0 aliphatic heterocycles. The van der Waals surface area contributed by atoms with E-state index in [9.17, 15) is 14.0 Å². The summed E-state index contributed by atoms with van der Waals surface area (Å²) in [4.78, 5) is 27.4. The number of nitrogens with zero attached hydrogens (tertiary/aromatic N) is 1. The summed E-state index contributed by atoms with van der Waals surface area (Å²) in [7, 11) is 0. The minimum Gasteiger partial charge on any atom is -0.351 e. The van der Waals surface area contributed by atoms with Crippen molar-refractivity contribution in [2.75, 3.05) is 4.90 Å². The highest BCUT2D eigenvalue weighted by molar-refractivity contribution is 6.09. The molecule has 0 heterocycles. The Labute approximate surface area is 171 Å². The number of terminal acetylenes is 1. The van der Waals surface area contributed by atoms with Crippen LogP contribution in [0.3, 0.4) is 0 Å². The van der Waals surface area contributed by atoms with Crippen molar-refractivity contribution in [3.05, 3.63) is 65.5 Å². The lowest BCUT2D eigenvalue weighted by Crippen LogP contribution is -2.47. The van der Waals surface area contributed by atoms with Crippen molar-refractivity contribution in [1.82, 2.24) is 5.32 Å². The molecule has 0 aromatic heterocycles. The standard InChI is InChI=1S/C24H25FN2O2/c1-3-22(28)27(20-14-9-11-18(25)16-20)23(21-15-8-7-10-17(21)2)24(29)26-19-12-5-4-6-13-19/h1,7-11,14-16,19,23H,4-6,12-13H2,2H3,(H,26,29). The van der Waals surface area contributed by atoms with Crippen LogP contribution in [0, 0.1) is 25.1 Å². The number of carbonyl (C=O) groups excluding carboxylic acids is 2. The number of amides is 2. The van der Waals surface area contributed by atoms with Crippen molar-refractivity contribution in [3.63, 3.8) is 0 Å². The Kier molecular flexibility index (Phi) is 6.66. The molecule has 4 nitrogen and oxygen atoms in total. The molecule has 1 atom stereocenters. The molecule has 1 fully saturated rings. The lowest BCUT2D eigenvalue weighted by molar-refractivity contribution is -0.125. The second-order valence-corrected chi connectivity index (χ2v) is 7.40. The normalized spacial score (nSPS) is 15.2. The Hall–Kier alpha value is -3.13. The third-order valence-corrected chi connectivity index (χ3v) is 5.37. The monoisotopic (exact) mass is 392 g/mol. The second kappa shape index (κ2) is 9.38. The van der Waals surface area contributed by atoms with Crippen LogP contribution >= 0.6 is 0 Å². The van der Waals surface area contributed by atoms with Gasteiger partial charge < -0.3 is 5.32 Å². The molecule has 3 rings (SSSR count). The van der Waals surface area contributed by atoms with E-state index in [1.807, 2.05) is 25.1 Å². The predicted octanol–water partition coefficient (Wildman–Crippen LogP) is 4.29. The number of aryl methyl sites for hydroxylation is 1. The molecule has 0 radical (unpaired) electrons. The summed E-state index contributed by atoms with van der Waals surface area (Å²) in [6.07, 6.45) is 10.5. The summed E-state index contributed by atoms with van der Waals surface area (Å²) in [5.41, 5.74) is 1.76. The summed E-state index contributed by atoms with van der Waals surface area (Å²) in [5.74, 6) is 0.591. The second-order valence-electron chi connectivity index (χ2n) is 7.40.